The monoisotopic (exact) mass is 294 g/mol. The van der Waals surface area contributed by atoms with Crippen LogP contribution in [0.15, 0.2) is 18.2 Å². The summed E-state index contributed by atoms with van der Waals surface area (Å²) in [6.45, 7) is 2.30. The van der Waals surface area contributed by atoms with E-state index >= 15 is 0 Å². The van der Waals surface area contributed by atoms with Gasteiger partial charge in [0.25, 0.3) is 5.91 Å². The van der Waals surface area contributed by atoms with Gasteiger partial charge in [-0.15, -0.1) is 0 Å². The summed E-state index contributed by atoms with van der Waals surface area (Å²) < 4.78 is 15.3. The van der Waals surface area contributed by atoms with Gasteiger partial charge in [-0.05, 0) is 25.1 Å². The van der Waals surface area contributed by atoms with Gasteiger partial charge in [-0.3, -0.25) is 9.59 Å². The fourth-order valence-electron chi connectivity index (χ4n) is 1.92. The summed E-state index contributed by atoms with van der Waals surface area (Å²) >= 11 is 0. The van der Waals surface area contributed by atoms with Crippen molar-refractivity contribution < 1.29 is 23.8 Å². The summed E-state index contributed by atoms with van der Waals surface area (Å²) in [5.74, 6) is 0.523. The Labute approximate surface area is 122 Å². The number of carbonyl (C=O) groups is 2. The number of carbonyl (C=O) groups excluding carboxylic acids is 2. The van der Waals surface area contributed by atoms with Crippen molar-refractivity contribution in [2.45, 2.75) is 13.0 Å². The molecule has 7 nitrogen and oxygen atoms in total. The number of benzene rings is 1. The highest BCUT2D eigenvalue weighted by atomic mass is 16.7. The number of nitrogens with one attached hydrogen (secondary N) is 2. The normalized spacial score (nSPS) is 13.6. The van der Waals surface area contributed by atoms with Crippen LogP contribution in [-0.4, -0.2) is 44.9 Å². The van der Waals surface area contributed by atoms with Crippen LogP contribution in [0.5, 0.6) is 11.5 Å². The van der Waals surface area contributed by atoms with Crippen LogP contribution in [-0.2, 0) is 9.53 Å². The molecule has 114 valence electrons. The van der Waals surface area contributed by atoms with Gasteiger partial charge in [-0.2, -0.15) is 0 Å². The molecule has 0 spiro atoms. The van der Waals surface area contributed by atoms with E-state index < -0.39 is 0 Å². The number of hydrogen-bond acceptors (Lipinski definition) is 5. The Morgan fingerprint density at radius 2 is 2.10 bits per heavy atom. The van der Waals surface area contributed by atoms with Crippen molar-refractivity contribution in [3.63, 3.8) is 0 Å². The largest absolute Gasteiger partial charge is 0.454 e. The third-order valence-corrected chi connectivity index (χ3v) is 2.87. The molecule has 1 atom stereocenters. The quantitative estimate of drug-likeness (QED) is 0.788. The van der Waals surface area contributed by atoms with Gasteiger partial charge in [0, 0.05) is 18.7 Å². The fourth-order valence-corrected chi connectivity index (χ4v) is 1.92. The maximum atomic E-state index is 11.9. The van der Waals surface area contributed by atoms with Crippen molar-refractivity contribution in [1.82, 2.24) is 10.6 Å². The van der Waals surface area contributed by atoms with Crippen molar-refractivity contribution in [3.8, 4) is 11.5 Å². The number of rotatable bonds is 6. The Balaban J connectivity index is 1.83. The Bertz CT molecular complexity index is 532. The molecule has 1 aliphatic rings. The zero-order chi connectivity index (χ0) is 15.2. The van der Waals surface area contributed by atoms with E-state index in [0.29, 0.717) is 23.7 Å². The minimum atomic E-state index is -0.345. The first-order valence-electron chi connectivity index (χ1n) is 6.56. The average Bonchev–Trinajstić information content (AvgIpc) is 2.92. The molecule has 2 rings (SSSR count). The molecule has 1 unspecified atom stereocenters. The molecule has 0 radical (unpaired) electrons. The van der Waals surface area contributed by atoms with Crippen LogP contribution >= 0.6 is 0 Å². The van der Waals surface area contributed by atoms with Crippen LogP contribution < -0.4 is 20.1 Å². The van der Waals surface area contributed by atoms with E-state index in [1.807, 2.05) is 6.92 Å². The smallest absolute Gasteiger partial charge is 0.251 e. The molecule has 1 aromatic carbocycles. The van der Waals surface area contributed by atoms with Crippen LogP contribution in [0.3, 0.4) is 0 Å². The predicted octanol–water partition coefficient (Wildman–Crippen LogP) is 0.296. The molecule has 1 aromatic rings. The third kappa shape index (κ3) is 4.09. The number of hydrogen-bond donors (Lipinski definition) is 2. The van der Waals surface area contributed by atoms with E-state index in [9.17, 15) is 9.59 Å². The minimum Gasteiger partial charge on any atom is -0.454 e. The summed E-state index contributed by atoms with van der Waals surface area (Å²) in [4.78, 5) is 23.6. The molecule has 0 saturated heterocycles. The van der Waals surface area contributed by atoms with Crippen LogP contribution in [0.25, 0.3) is 0 Å². The Kier molecular flexibility index (Phi) is 4.99. The summed E-state index contributed by atoms with van der Waals surface area (Å²) in [6.07, 6.45) is 0. The highest BCUT2D eigenvalue weighted by Gasteiger charge is 2.16. The van der Waals surface area contributed by atoms with Gasteiger partial charge in [-0.1, -0.05) is 0 Å². The first-order valence-corrected chi connectivity index (χ1v) is 6.56. The lowest BCUT2D eigenvalue weighted by Crippen LogP contribution is -2.42. The van der Waals surface area contributed by atoms with E-state index in [-0.39, 0.29) is 31.2 Å². The van der Waals surface area contributed by atoms with Gasteiger partial charge < -0.3 is 24.8 Å². The summed E-state index contributed by atoms with van der Waals surface area (Å²) in [5, 5.41) is 5.26. The van der Waals surface area contributed by atoms with Crippen molar-refractivity contribution in [2.75, 3.05) is 27.1 Å². The fraction of sp³-hybridized carbons (Fsp3) is 0.429. The summed E-state index contributed by atoms with van der Waals surface area (Å²) in [7, 11) is 1.56. The second kappa shape index (κ2) is 6.94. The highest BCUT2D eigenvalue weighted by molar-refractivity contribution is 5.97. The zero-order valence-corrected chi connectivity index (χ0v) is 12.0. The lowest BCUT2D eigenvalue weighted by molar-refractivity contribution is -0.121. The van der Waals surface area contributed by atoms with Crippen molar-refractivity contribution in [3.05, 3.63) is 23.8 Å². The molecule has 1 aliphatic heterocycles. The van der Waals surface area contributed by atoms with Gasteiger partial charge in [0.15, 0.2) is 11.5 Å². The van der Waals surface area contributed by atoms with E-state index in [2.05, 4.69) is 10.6 Å². The lowest BCUT2D eigenvalue weighted by Gasteiger charge is -2.13. The predicted molar refractivity (Wildman–Crippen MR) is 74.4 cm³/mol. The molecular weight excluding hydrogens is 276 g/mol. The van der Waals surface area contributed by atoms with Crippen molar-refractivity contribution in [1.29, 1.82) is 0 Å². The van der Waals surface area contributed by atoms with Gasteiger partial charge >= 0.3 is 0 Å². The maximum Gasteiger partial charge on any atom is 0.251 e. The van der Waals surface area contributed by atoms with Gasteiger partial charge in [0.2, 0.25) is 12.7 Å². The second-order valence-corrected chi connectivity index (χ2v) is 4.67. The first kappa shape index (κ1) is 15.1. The minimum absolute atomic E-state index is 0.0959. The SMILES string of the molecule is COCC(C)NC(=O)CNC(=O)c1ccc2c(c1)OCO2. The third-order valence-electron chi connectivity index (χ3n) is 2.87. The molecule has 0 bridgehead atoms. The lowest BCUT2D eigenvalue weighted by atomic mass is 10.2. The van der Waals surface area contributed by atoms with Gasteiger partial charge in [0.05, 0.1) is 13.2 Å². The van der Waals surface area contributed by atoms with Gasteiger partial charge in [-0.25, -0.2) is 0 Å². The number of fused-ring (bicyclic) bond motifs is 1. The standard InChI is InChI=1S/C14H18N2O5/c1-9(7-19-2)16-13(17)6-15-14(18)10-3-4-11-12(5-10)21-8-20-11/h3-5,9H,6-8H2,1-2H3,(H,15,18)(H,16,17). The second-order valence-electron chi connectivity index (χ2n) is 4.67. The topological polar surface area (TPSA) is 85.9 Å². The van der Waals surface area contributed by atoms with Crippen LogP contribution in [0, 0.1) is 0 Å². The number of methoxy groups -OCH3 is 1. The number of ether oxygens (including phenoxy) is 3. The Morgan fingerprint density at radius 1 is 1.33 bits per heavy atom. The summed E-state index contributed by atoms with van der Waals surface area (Å²) in [5.41, 5.74) is 0.414. The van der Waals surface area contributed by atoms with E-state index in [1.165, 1.54) is 0 Å². The Hall–Kier alpha value is -2.28. The molecule has 0 aliphatic carbocycles. The molecule has 0 aromatic heterocycles. The average molecular weight is 294 g/mol. The van der Waals surface area contributed by atoms with E-state index in [1.54, 1.807) is 25.3 Å². The molecule has 7 heteroatoms. The zero-order valence-electron chi connectivity index (χ0n) is 12.0. The maximum absolute atomic E-state index is 11.9. The summed E-state index contributed by atoms with van der Waals surface area (Å²) in [6, 6.07) is 4.76. The van der Waals surface area contributed by atoms with Crippen LogP contribution in [0.2, 0.25) is 0 Å². The molecule has 0 saturated carbocycles. The van der Waals surface area contributed by atoms with Crippen LogP contribution in [0.1, 0.15) is 17.3 Å². The van der Waals surface area contributed by atoms with E-state index in [0.717, 1.165) is 0 Å². The van der Waals surface area contributed by atoms with Crippen molar-refractivity contribution in [2.24, 2.45) is 0 Å². The van der Waals surface area contributed by atoms with Gasteiger partial charge in [0.1, 0.15) is 0 Å². The molecule has 0 fully saturated rings. The molecule has 2 amide bonds. The molecule has 21 heavy (non-hydrogen) atoms. The van der Waals surface area contributed by atoms with E-state index in [4.69, 9.17) is 14.2 Å². The van der Waals surface area contributed by atoms with Crippen LogP contribution in [0.4, 0.5) is 0 Å². The van der Waals surface area contributed by atoms with Crippen molar-refractivity contribution >= 4 is 11.8 Å². The highest BCUT2D eigenvalue weighted by Crippen LogP contribution is 2.32. The molecule has 2 N–H and O–H groups in total. The Morgan fingerprint density at radius 3 is 2.86 bits per heavy atom. The number of amides is 2. The first-order chi connectivity index (χ1) is 10.1. The molecular formula is C14H18N2O5. The molecule has 1 heterocycles.